The first kappa shape index (κ1) is 14.0. The Balaban J connectivity index is 1.76. The van der Waals surface area contributed by atoms with Gasteiger partial charge in [0.2, 0.25) is 11.8 Å². The molecule has 3 rings (SSSR count). The second-order valence-corrected chi connectivity index (χ2v) is 5.23. The quantitative estimate of drug-likeness (QED) is 0.606. The van der Waals surface area contributed by atoms with Gasteiger partial charge in [-0.1, -0.05) is 0 Å². The van der Waals surface area contributed by atoms with Crippen LogP contribution in [-0.4, -0.2) is 65.2 Å². The molecular formula is C12H18N6O3. The number of nitrogens with zero attached hydrogens (tertiary/aromatic N) is 5. The van der Waals surface area contributed by atoms with Crippen molar-refractivity contribution in [2.24, 2.45) is 0 Å². The van der Waals surface area contributed by atoms with Gasteiger partial charge in [0.1, 0.15) is 6.20 Å². The van der Waals surface area contributed by atoms with E-state index < -0.39 is 4.92 Å². The molecule has 3 heterocycles. The van der Waals surface area contributed by atoms with Crippen LogP contribution in [0.3, 0.4) is 0 Å². The monoisotopic (exact) mass is 294 g/mol. The van der Waals surface area contributed by atoms with Gasteiger partial charge in [0.05, 0.1) is 18.1 Å². The van der Waals surface area contributed by atoms with Gasteiger partial charge in [-0.3, -0.25) is 15.0 Å². The fraction of sp³-hybridized carbons (Fsp3) is 0.667. The third-order valence-electron chi connectivity index (χ3n) is 3.99. The molecule has 21 heavy (non-hydrogen) atoms. The molecule has 0 aliphatic carbocycles. The van der Waals surface area contributed by atoms with Crippen molar-refractivity contribution in [3.63, 3.8) is 0 Å². The molecule has 2 saturated heterocycles. The van der Waals surface area contributed by atoms with Crippen molar-refractivity contribution < 1.29 is 9.66 Å². The number of morpholine rings is 1. The van der Waals surface area contributed by atoms with Crippen molar-refractivity contribution >= 4 is 17.5 Å². The summed E-state index contributed by atoms with van der Waals surface area (Å²) in [5.41, 5.74) is 5.48. The minimum Gasteiger partial charge on any atom is -0.379 e. The van der Waals surface area contributed by atoms with Crippen LogP contribution in [0.4, 0.5) is 17.5 Å². The highest BCUT2D eigenvalue weighted by atomic mass is 16.6. The number of nitrogens with two attached hydrogens (primary N) is 1. The lowest BCUT2D eigenvalue weighted by atomic mass is 10.2. The smallest absolute Gasteiger partial charge is 0.329 e. The summed E-state index contributed by atoms with van der Waals surface area (Å²) in [7, 11) is 0. The van der Waals surface area contributed by atoms with E-state index in [4.69, 9.17) is 10.5 Å². The lowest BCUT2D eigenvalue weighted by Gasteiger charge is -2.32. The van der Waals surface area contributed by atoms with Gasteiger partial charge in [-0.05, 0) is 6.42 Å². The molecule has 1 aromatic rings. The topological polar surface area (TPSA) is 111 Å². The zero-order chi connectivity index (χ0) is 14.8. The molecule has 0 radical (unpaired) electrons. The summed E-state index contributed by atoms with van der Waals surface area (Å²) in [5.74, 6) is 0.383. The minimum absolute atomic E-state index is 0.0606. The van der Waals surface area contributed by atoms with E-state index >= 15 is 0 Å². The highest BCUT2D eigenvalue weighted by Crippen LogP contribution is 2.29. The van der Waals surface area contributed by atoms with Gasteiger partial charge in [-0.15, -0.1) is 0 Å². The number of nitrogen functional groups attached to an aromatic ring is 1. The maximum atomic E-state index is 11.1. The van der Waals surface area contributed by atoms with Crippen LogP contribution in [0.2, 0.25) is 0 Å². The fourth-order valence-electron chi connectivity index (χ4n) is 2.92. The summed E-state index contributed by atoms with van der Waals surface area (Å²) >= 11 is 0. The molecule has 1 aromatic heterocycles. The molecule has 9 heteroatoms. The number of hydrogen-bond acceptors (Lipinski definition) is 8. The highest BCUT2D eigenvalue weighted by Gasteiger charge is 2.32. The summed E-state index contributed by atoms with van der Waals surface area (Å²) in [6.45, 7) is 4.77. The third kappa shape index (κ3) is 2.88. The molecule has 2 fully saturated rings. The first-order valence-electron chi connectivity index (χ1n) is 6.99. The van der Waals surface area contributed by atoms with Crippen molar-refractivity contribution in [1.29, 1.82) is 0 Å². The summed E-state index contributed by atoms with van der Waals surface area (Å²) in [5, 5.41) is 11.1. The Kier molecular flexibility index (Phi) is 3.84. The lowest BCUT2D eigenvalue weighted by Crippen LogP contribution is -2.44. The Labute approximate surface area is 121 Å². The van der Waals surface area contributed by atoms with Crippen LogP contribution in [0, 0.1) is 10.1 Å². The zero-order valence-electron chi connectivity index (χ0n) is 11.6. The highest BCUT2D eigenvalue weighted by molar-refractivity contribution is 5.59. The van der Waals surface area contributed by atoms with Crippen LogP contribution >= 0.6 is 0 Å². The van der Waals surface area contributed by atoms with Crippen molar-refractivity contribution in [3.8, 4) is 0 Å². The molecule has 0 saturated carbocycles. The maximum absolute atomic E-state index is 11.1. The number of hydrogen-bond donors (Lipinski definition) is 1. The molecule has 1 atom stereocenters. The molecule has 0 bridgehead atoms. The van der Waals surface area contributed by atoms with E-state index in [1.807, 2.05) is 4.90 Å². The number of anilines is 2. The molecule has 2 aliphatic rings. The summed E-state index contributed by atoms with van der Waals surface area (Å²) in [6.07, 6.45) is 2.14. The summed E-state index contributed by atoms with van der Waals surface area (Å²) in [6, 6.07) is 0.379. The molecule has 9 nitrogen and oxygen atoms in total. The average Bonchev–Trinajstić information content (AvgIpc) is 2.97. The van der Waals surface area contributed by atoms with Crippen LogP contribution in [0.5, 0.6) is 0 Å². The van der Waals surface area contributed by atoms with Gasteiger partial charge in [-0.2, -0.15) is 4.98 Å². The Bertz CT molecular complexity index is 534. The van der Waals surface area contributed by atoms with Crippen LogP contribution in [0.15, 0.2) is 6.20 Å². The lowest BCUT2D eigenvalue weighted by molar-refractivity contribution is -0.384. The molecule has 1 unspecified atom stereocenters. The van der Waals surface area contributed by atoms with Crippen molar-refractivity contribution in [3.05, 3.63) is 16.3 Å². The van der Waals surface area contributed by atoms with Gasteiger partial charge < -0.3 is 15.4 Å². The number of ether oxygens (including phenoxy) is 1. The van der Waals surface area contributed by atoms with Crippen molar-refractivity contribution in [2.75, 3.05) is 50.0 Å². The molecular weight excluding hydrogens is 276 g/mol. The Hall–Kier alpha value is -2.00. The standard InChI is InChI=1S/C12H18N6O3/c13-12-14-7-10(18(19)20)11(15-12)17-2-1-9(8-17)16-3-5-21-6-4-16/h7,9H,1-6,8H2,(H2,13,14,15). The summed E-state index contributed by atoms with van der Waals surface area (Å²) in [4.78, 5) is 22.7. The van der Waals surface area contributed by atoms with Gasteiger partial charge in [0, 0.05) is 32.2 Å². The second kappa shape index (κ2) is 5.78. The van der Waals surface area contributed by atoms with Crippen LogP contribution in [0.1, 0.15) is 6.42 Å². The zero-order valence-corrected chi connectivity index (χ0v) is 11.6. The van der Waals surface area contributed by atoms with Crippen LogP contribution in [0.25, 0.3) is 0 Å². The third-order valence-corrected chi connectivity index (χ3v) is 3.99. The molecule has 2 aliphatic heterocycles. The van der Waals surface area contributed by atoms with Gasteiger partial charge in [0.25, 0.3) is 0 Å². The Morgan fingerprint density at radius 2 is 2.14 bits per heavy atom. The van der Waals surface area contributed by atoms with Gasteiger partial charge in [-0.25, -0.2) is 4.98 Å². The fourth-order valence-corrected chi connectivity index (χ4v) is 2.92. The average molecular weight is 294 g/mol. The normalized spacial score (nSPS) is 23.4. The Morgan fingerprint density at radius 3 is 2.86 bits per heavy atom. The first-order valence-corrected chi connectivity index (χ1v) is 6.99. The molecule has 114 valence electrons. The van der Waals surface area contributed by atoms with E-state index in [0.717, 1.165) is 45.8 Å². The van der Waals surface area contributed by atoms with E-state index in [0.29, 0.717) is 11.9 Å². The molecule has 0 aromatic carbocycles. The molecule has 0 spiro atoms. The molecule has 2 N–H and O–H groups in total. The largest absolute Gasteiger partial charge is 0.379 e. The Morgan fingerprint density at radius 1 is 1.38 bits per heavy atom. The predicted octanol–water partition coefficient (Wildman–Crippen LogP) is -0.122. The predicted molar refractivity (Wildman–Crippen MR) is 76.1 cm³/mol. The SMILES string of the molecule is Nc1ncc([N+](=O)[O-])c(N2CCC(N3CCOCC3)C2)n1. The minimum atomic E-state index is -0.461. The van der Waals surface area contributed by atoms with E-state index in [1.165, 1.54) is 6.20 Å². The van der Waals surface area contributed by atoms with Crippen LogP contribution in [-0.2, 0) is 4.74 Å². The number of nitro groups is 1. The number of aromatic nitrogens is 2. The van der Waals surface area contributed by atoms with E-state index in [1.54, 1.807) is 0 Å². The van der Waals surface area contributed by atoms with Gasteiger partial charge in [0.15, 0.2) is 0 Å². The van der Waals surface area contributed by atoms with E-state index in [9.17, 15) is 10.1 Å². The summed E-state index contributed by atoms with van der Waals surface area (Å²) < 4.78 is 5.36. The van der Waals surface area contributed by atoms with Crippen LogP contribution < -0.4 is 10.6 Å². The van der Waals surface area contributed by atoms with Crippen molar-refractivity contribution in [1.82, 2.24) is 14.9 Å². The second-order valence-electron chi connectivity index (χ2n) is 5.23. The first-order chi connectivity index (χ1) is 10.1. The number of rotatable bonds is 3. The van der Waals surface area contributed by atoms with E-state index in [-0.39, 0.29) is 11.6 Å². The van der Waals surface area contributed by atoms with Crippen molar-refractivity contribution in [2.45, 2.75) is 12.5 Å². The van der Waals surface area contributed by atoms with E-state index in [2.05, 4.69) is 14.9 Å². The van der Waals surface area contributed by atoms with Gasteiger partial charge >= 0.3 is 5.69 Å². The molecule has 0 amide bonds. The maximum Gasteiger partial charge on any atom is 0.329 e.